The van der Waals surface area contributed by atoms with Gasteiger partial charge in [-0.3, -0.25) is 4.79 Å². The van der Waals surface area contributed by atoms with Crippen molar-refractivity contribution in [3.63, 3.8) is 0 Å². The molecule has 4 nitrogen and oxygen atoms in total. The Labute approximate surface area is 114 Å². The van der Waals surface area contributed by atoms with Crippen molar-refractivity contribution in [1.29, 1.82) is 0 Å². The zero-order valence-corrected chi connectivity index (χ0v) is 11.6. The number of ketones is 1. The number of allylic oxidation sites excluding steroid dienone is 2. The summed E-state index contributed by atoms with van der Waals surface area (Å²) in [4.78, 5) is 11.4. The second kappa shape index (κ2) is 4.97. The molecule has 1 aromatic rings. The Kier molecular flexibility index (Phi) is 3.35. The molecule has 0 saturated carbocycles. The van der Waals surface area contributed by atoms with E-state index in [4.69, 9.17) is 4.74 Å². The van der Waals surface area contributed by atoms with Crippen molar-refractivity contribution in [1.82, 2.24) is 9.78 Å². The van der Waals surface area contributed by atoms with Gasteiger partial charge in [0, 0.05) is 13.0 Å². The summed E-state index contributed by atoms with van der Waals surface area (Å²) in [6, 6.07) is 1.97. The highest BCUT2D eigenvalue weighted by Crippen LogP contribution is 2.32. The second-order valence-electron chi connectivity index (χ2n) is 4.75. The summed E-state index contributed by atoms with van der Waals surface area (Å²) in [5.41, 5.74) is 2.09. The fourth-order valence-corrected chi connectivity index (χ4v) is 2.93. The number of ether oxygens (including phenoxy) is 1. The lowest BCUT2D eigenvalue weighted by Gasteiger charge is -2.24. The third-order valence-corrected chi connectivity index (χ3v) is 3.83. The van der Waals surface area contributed by atoms with Crippen molar-refractivity contribution in [3.05, 3.63) is 22.4 Å². The number of carbonyl (C=O) groups is 1. The van der Waals surface area contributed by atoms with Crippen molar-refractivity contribution in [2.24, 2.45) is 0 Å². The minimum Gasteiger partial charge on any atom is -0.356 e. The molecule has 2 heterocycles. The highest BCUT2D eigenvalue weighted by atomic mass is 79.9. The van der Waals surface area contributed by atoms with Gasteiger partial charge in [-0.1, -0.05) is 0 Å². The first-order chi connectivity index (χ1) is 8.74. The third-order valence-electron chi connectivity index (χ3n) is 3.44. The van der Waals surface area contributed by atoms with Crippen LogP contribution in [0.1, 0.15) is 44.0 Å². The molecular formula is C13H15BrN2O2. The van der Waals surface area contributed by atoms with Crippen LogP contribution in [0.4, 0.5) is 0 Å². The average molecular weight is 311 g/mol. The molecule has 0 N–H and O–H groups in total. The molecule has 96 valence electrons. The first-order valence-corrected chi connectivity index (χ1v) is 7.14. The molecule has 1 atom stereocenters. The topological polar surface area (TPSA) is 44.1 Å². The van der Waals surface area contributed by atoms with Crippen molar-refractivity contribution in [3.8, 4) is 0 Å². The Morgan fingerprint density at radius 3 is 2.94 bits per heavy atom. The van der Waals surface area contributed by atoms with E-state index in [0.717, 1.165) is 41.7 Å². The van der Waals surface area contributed by atoms with E-state index in [9.17, 15) is 4.79 Å². The van der Waals surface area contributed by atoms with Gasteiger partial charge in [-0.2, -0.15) is 5.10 Å². The van der Waals surface area contributed by atoms with E-state index in [2.05, 4.69) is 21.0 Å². The van der Waals surface area contributed by atoms with Crippen LogP contribution in [0.3, 0.4) is 0 Å². The van der Waals surface area contributed by atoms with Crippen molar-refractivity contribution in [2.45, 2.75) is 38.3 Å². The van der Waals surface area contributed by atoms with Crippen LogP contribution in [0.25, 0.3) is 5.57 Å². The van der Waals surface area contributed by atoms with Crippen LogP contribution in [0.15, 0.2) is 16.7 Å². The number of hydrogen-bond donors (Lipinski definition) is 0. The van der Waals surface area contributed by atoms with Gasteiger partial charge in [-0.25, -0.2) is 4.68 Å². The van der Waals surface area contributed by atoms with Gasteiger partial charge in [0.2, 0.25) is 0 Å². The minimum absolute atomic E-state index is 0.0108. The second-order valence-corrected chi connectivity index (χ2v) is 5.57. The van der Waals surface area contributed by atoms with Crippen LogP contribution in [0.5, 0.6) is 0 Å². The van der Waals surface area contributed by atoms with Crippen LogP contribution in [-0.2, 0) is 9.53 Å². The highest BCUT2D eigenvalue weighted by molar-refractivity contribution is 9.10. The summed E-state index contributed by atoms with van der Waals surface area (Å²) in [7, 11) is 0. The summed E-state index contributed by atoms with van der Waals surface area (Å²) in [5.74, 6) is 0.207. The normalized spacial score (nSPS) is 24.4. The Balaban J connectivity index is 1.94. The summed E-state index contributed by atoms with van der Waals surface area (Å²) in [5, 5.41) is 4.46. The predicted molar refractivity (Wildman–Crippen MR) is 71.0 cm³/mol. The largest absolute Gasteiger partial charge is 0.356 e. The number of rotatable bonds is 2. The number of aromatic nitrogens is 2. The Hall–Kier alpha value is -0.940. The summed E-state index contributed by atoms with van der Waals surface area (Å²) < 4.78 is 8.49. The van der Waals surface area contributed by atoms with Crippen LogP contribution in [-0.4, -0.2) is 22.2 Å². The molecule has 2 aliphatic rings. The van der Waals surface area contributed by atoms with Crippen molar-refractivity contribution >= 4 is 27.3 Å². The molecule has 0 aromatic carbocycles. The fraction of sp³-hybridized carbons (Fsp3) is 0.538. The lowest BCUT2D eigenvalue weighted by atomic mass is 10.1. The molecule has 0 spiro atoms. The van der Waals surface area contributed by atoms with E-state index < -0.39 is 0 Å². The summed E-state index contributed by atoms with van der Waals surface area (Å²) in [6.45, 7) is 0.791. The van der Waals surface area contributed by atoms with Gasteiger partial charge in [-0.05, 0) is 59.3 Å². The zero-order chi connectivity index (χ0) is 12.5. The first-order valence-electron chi connectivity index (χ1n) is 6.34. The quantitative estimate of drug-likeness (QED) is 0.843. The number of carbonyl (C=O) groups excluding carboxylic acids is 1. The zero-order valence-electron chi connectivity index (χ0n) is 10.1. The van der Waals surface area contributed by atoms with Gasteiger partial charge in [0.05, 0.1) is 5.69 Å². The minimum atomic E-state index is 0.0108. The number of halogens is 1. The third kappa shape index (κ3) is 2.29. The van der Waals surface area contributed by atoms with E-state index in [1.165, 1.54) is 6.42 Å². The highest BCUT2D eigenvalue weighted by Gasteiger charge is 2.24. The molecule has 0 amide bonds. The average Bonchev–Trinajstić information content (AvgIpc) is 2.96. The molecule has 3 rings (SSSR count). The fourth-order valence-electron chi connectivity index (χ4n) is 2.54. The molecule has 1 aliphatic heterocycles. The van der Waals surface area contributed by atoms with Crippen molar-refractivity contribution < 1.29 is 9.53 Å². The van der Waals surface area contributed by atoms with Gasteiger partial charge in [0.15, 0.2) is 12.0 Å². The Morgan fingerprint density at radius 1 is 1.39 bits per heavy atom. The smallest absolute Gasteiger partial charge is 0.156 e. The molecule has 1 fully saturated rings. The van der Waals surface area contributed by atoms with Crippen molar-refractivity contribution in [2.75, 3.05) is 6.61 Å². The van der Waals surface area contributed by atoms with Crippen LogP contribution in [0, 0.1) is 0 Å². The maximum Gasteiger partial charge on any atom is 0.156 e. The standard InChI is InChI=1S/C13H15BrN2O2/c14-12-8-11(9-4-5-10(17)7-9)16(15-12)13-3-1-2-6-18-13/h7-8,13H,1-6H2. The molecule has 0 radical (unpaired) electrons. The molecule has 1 unspecified atom stereocenters. The van der Waals surface area contributed by atoms with E-state index in [1.807, 2.05) is 10.7 Å². The van der Waals surface area contributed by atoms with E-state index in [-0.39, 0.29) is 12.0 Å². The molecule has 1 saturated heterocycles. The van der Waals surface area contributed by atoms with Gasteiger partial charge in [-0.15, -0.1) is 0 Å². The summed E-state index contributed by atoms with van der Waals surface area (Å²) in [6.07, 6.45) is 6.45. The van der Waals surface area contributed by atoms with Crippen LogP contribution in [0.2, 0.25) is 0 Å². The predicted octanol–water partition coefficient (Wildman–Crippen LogP) is 3.09. The van der Waals surface area contributed by atoms with Gasteiger partial charge < -0.3 is 4.74 Å². The Morgan fingerprint density at radius 2 is 2.28 bits per heavy atom. The molecule has 1 aromatic heterocycles. The van der Waals surface area contributed by atoms with Gasteiger partial charge in [0.1, 0.15) is 4.60 Å². The van der Waals surface area contributed by atoms with E-state index in [0.29, 0.717) is 6.42 Å². The van der Waals surface area contributed by atoms with E-state index in [1.54, 1.807) is 6.08 Å². The molecular weight excluding hydrogens is 296 g/mol. The molecule has 5 heteroatoms. The SMILES string of the molecule is O=C1C=C(c2cc(Br)nn2C2CCCCO2)CC1. The van der Waals surface area contributed by atoms with E-state index >= 15 is 0 Å². The van der Waals surface area contributed by atoms with Crippen LogP contribution < -0.4 is 0 Å². The summed E-state index contributed by atoms with van der Waals surface area (Å²) >= 11 is 3.41. The maximum atomic E-state index is 11.4. The lowest BCUT2D eigenvalue weighted by Crippen LogP contribution is -2.20. The molecule has 1 aliphatic carbocycles. The van der Waals surface area contributed by atoms with Gasteiger partial charge >= 0.3 is 0 Å². The van der Waals surface area contributed by atoms with Crippen LogP contribution >= 0.6 is 15.9 Å². The maximum absolute atomic E-state index is 11.4. The molecule has 18 heavy (non-hydrogen) atoms. The lowest BCUT2D eigenvalue weighted by molar-refractivity contribution is -0.114. The number of hydrogen-bond acceptors (Lipinski definition) is 3. The molecule has 0 bridgehead atoms. The monoisotopic (exact) mass is 310 g/mol. The van der Waals surface area contributed by atoms with Gasteiger partial charge in [0.25, 0.3) is 0 Å². The Bertz CT molecular complexity index is 501. The first kappa shape index (κ1) is 12.1. The number of nitrogens with zero attached hydrogens (tertiary/aromatic N) is 2.